The van der Waals surface area contributed by atoms with Crippen LogP contribution in [-0.4, -0.2) is 19.3 Å². The van der Waals surface area contributed by atoms with E-state index in [1.165, 1.54) is 0 Å². The van der Waals surface area contributed by atoms with E-state index in [1.807, 2.05) is 6.07 Å². The van der Waals surface area contributed by atoms with Gasteiger partial charge in [0.2, 0.25) is 0 Å². The largest absolute Gasteiger partial charge is 0.488 e. The SMILES string of the molecule is COC1CCC(Oc2ccccc2NF)CC1. The van der Waals surface area contributed by atoms with Gasteiger partial charge >= 0.3 is 0 Å². The minimum absolute atomic E-state index is 0.163. The minimum Gasteiger partial charge on any atom is -0.488 e. The van der Waals surface area contributed by atoms with Crippen LogP contribution in [0.25, 0.3) is 0 Å². The van der Waals surface area contributed by atoms with Crippen LogP contribution in [0.1, 0.15) is 25.7 Å². The van der Waals surface area contributed by atoms with Gasteiger partial charge in [-0.3, -0.25) is 0 Å². The molecule has 0 unspecified atom stereocenters. The van der Waals surface area contributed by atoms with Crippen LogP contribution < -0.4 is 10.3 Å². The monoisotopic (exact) mass is 239 g/mol. The number of rotatable bonds is 4. The zero-order chi connectivity index (χ0) is 12.1. The van der Waals surface area contributed by atoms with Crippen LogP contribution in [0.4, 0.5) is 10.2 Å². The van der Waals surface area contributed by atoms with E-state index in [-0.39, 0.29) is 6.10 Å². The number of benzene rings is 1. The lowest BCUT2D eigenvalue weighted by atomic mass is 9.95. The molecule has 0 atom stereocenters. The summed E-state index contributed by atoms with van der Waals surface area (Å²) in [5.74, 6) is 0.580. The molecule has 0 aliphatic heterocycles. The highest BCUT2D eigenvalue weighted by Crippen LogP contribution is 2.29. The Morgan fingerprint density at radius 3 is 2.41 bits per heavy atom. The third kappa shape index (κ3) is 3.09. The van der Waals surface area contributed by atoms with Crippen molar-refractivity contribution in [1.29, 1.82) is 0 Å². The van der Waals surface area contributed by atoms with Gasteiger partial charge in [0.1, 0.15) is 11.4 Å². The maximum absolute atomic E-state index is 12.5. The van der Waals surface area contributed by atoms with Crippen LogP contribution in [0.15, 0.2) is 24.3 Å². The zero-order valence-electron chi connectivity index (χ0n) is 9.99. The smallest absolute Gasteiger partial charge is 0.145 e. The summed E-state index contributed by atoms with van der Waals surface area (Å²) in [6.45, 7) is 0. The average molecular weight is 239 g/mol. The summed E-state index contributed by atoms with van der Waals surface area (Å²) in [5, 5.41) is 0. The van der Waals surface area contributed by atoms with Gasteiger partial charge in [0.25, 0.3) is 0 Å². The van der Waals surface area contributed by atoms with Gasteiger partial charge < -0.3 is 9.47 Å². The van der Waals surface area contributed by atoms with Crippen LogP contribution in [0.3, 0.4) is 0 Å². The standard InChI is InChI=1S/C13H18FNO2/c1-16-10-6-8-11(9-7-10)17-13-5-3-2-4-12(13)15-14/h2-5,10-11,15H,6-9H2,1H3. The van der Waals surface area contributed by atoms with Crippen LogP contribution in [0, 0.1) is 0 Å². The number of halogens is 1. The molecule has 0 spiro atoms. The molecule has 3 nitrogen and oxygen atoms in total. The molecule has 0 aromatic heterocycles. The molecule has 1 aliphatic carbocycles. The Morgan fingerprint density at radius 2 is 1.76 bits per heavy atom. The maximum atomic E-state index is 12.5. The highest BCUT2D eigenvalue weighted by molar-refractivity contribution is 5.54. The third-order valence-electron chi connectivity index (χ3n) is 3.24. The van der Waals surface area contributed by atoms with Crippen LogP contribution >= 0.6 is 0 Å². The van der Waals surface area contributed by atoms with Crippen molar-refractivity contribution in [3.63, 3.8) is 0 Å². The third-order valence-corrected chi connectivity index (χ3v) is 3.24. The van der Waals surface area contributed by atoms with Gasteiger partial charge in [0.15, 0.2) is 0 Å². The molecule has 1 N–H and O–H groups in total. The van der Waals surface area contributed by atoms with Crippen LogP contribution in [0.5, 0.6) is 5.75 Å². The van der Waals surface area contributed by atoms with Crippen molar-refractivity contribution >= 4 is 5.69 Å². The predicted octanol–water partition coefficient (Wildman–Crippen LogP) is 3.32. The summed E-state index contributed by atoms with van der Waals surface area (Å²) in [5.41, 5.74) is 2.05. The summed E-state index contributed by atoms with van der Waals surface area (Å²) >= 11 is 0. The number of hydrogen-bond donors (Lipinski definition) is 1. The quantitative estimate of drug-likeness (QED) is 0.817. The van der Waals surface area contributed by atoms with Gasteiger partial charge in [-0.15, -0.1) is 4.48 Å². The minimum atomic E-state index is 0.163. The van der Waals surface area contributed by atoms with Gasteiger partial charge in [-0.2, -0.15) is 0 Å². The molecule has 0 saturated heterocycles. The topological polar surface area (TPSA) is 30.5 Å². The molecule has 1 fully saturated rings. The highest BCUT2D eigenvalue weighted by Gasteiger charge is 2.22. The first-order chi connectivity index (χ1) is 8.33. The molecule has 17 heavy (non-hydrogen) atoms. The molecule has 0 bridgehead atoms. The summed E-state index contributed by atoms with van der Waals surface area (Å²) in [6.07, 6.45) is 4.44. The molecule has 0 heterocycles. The van der Waals surface area contributed by atoms with E-state index in [1.54, 1.807) is 30.8 Å². The molecule has 1 aliphatic rings. The molecule has 1 aromatic carbocycles. The second-order valence-electron chi connectivity index (χ2n) is 4.34. The fourth-order valence-electron chi connectivity index (χ4n) is 2.21. The lowest BCUT2D eigenvalue weighted by Crippen LogP contribution is -2.27. The van der Waals surface area contributed by atoms with Crippen molar-refractivity contribution in [2.45, 2.75) is 37.9 Å². The van der Waals surface area contributed by atoms with Gasteiger partial charge in [-0.25, -0.2) is 5.54 Å². The van der Waals surface area contributed by atoms with Gasteiger partial charge in [0, 0.05) is 7.11 Å². The highest BCUT2D eigenvalue weighted by atomic mass is 19.2. The van der Waals surface area contributed by atoms with E-state index in [4.69, 9.17) is 9.47 Å². The summed E-state index contributed by atoms with van der Waals surface area (Å²) < 4.78 is 23.6. The lowest BCUT2D eigenvalue weighted by molar-refractivity contribution is 0.0329. The zero-order valence-corrected chi connectivity index (χ0v) is 9.99. The average Bonchev–Trinajstić information content (AvgIpc) is 2.40. The predicted molar refractivity (Wildman–Crippen MR) is 64.9 cm³/mol. The van der Waals surface area contributed by atoms with Gasteiger partial charge in [0.05, 0.1) is 12.2 Å². The van der Waals surface area contributed by atoms with Crippen LogP contribution in [-0.2, 0) is 4.74 Å². The van der Waals surface area contributed by atoms with E-state index < -0.39 is 0 Å². The van der Waals surface area contributed by atoms with Crippen molar-refractivity contribution < 1.29 is 14.0 Å². The Balaban J connectivity index is 1.93. The number of hydrogen-bond acceptors (Lipinski definition) is 3. The second-order valence-corrected chi connectivity index (χ2v) is 4.34. The Morgan fingerprint density at radius 1 is 1.12 bits per heavy atom. The first kappa shape index (κ1) is 12.2. The Bertz CT molecular complexity index is 351. The molecule has 4 heteroatoms. The molecule has 1 aromatic rings. The first-order valence-electron chi connectivity index (χ1n) is 5.98. The Kier molecular flexibility index (Phi) is 4.20. The number of para-hydroxylation sites is 2. The number of anilines is 1. The molecule has 94 valence electrons. The molecule has 1 saturated carbocycles. The molecular formula is C13H18FNO2. The van der Waals surface area contributed by atoms with E-state index >= 15 is 0 Å². The molecule has 0 radical (unpaired) electrons. The van der Waals surface area contributed by atoms with Crippen molar-refractivity contribution in [3.8, 4) is 5.75 Å². The lowest BCUT2D eigenvalue weighted by Gasteiger charge is -2.28. The fraction of sp³-hybridized carbons (Fsp3) is 0.538. The van der Waals surface area contributed by atoms with Crippen LogP contribution in [0.2, 0.25) is 0 Å². The van der Waals surface area contributed by atoms with Crippen molar-refractivity contribution in [1.82, 2.24) is 0 Å². The van der Waals surface area contributed by atoms with Crippen molar-refractivity contribution in [2.24, 2.45) is 0 Å². The van der Waals surface area contributed by atoms with Crippen molar-refractivity contribution in [3.05, 3.63) is 24.3 Å². The van der Waals surface area contributed by atoms with Gasteiger partial charge in [-0.05, 0) is 37.8 Å². The summed E-state index contributed by atoms with van der Waals surface area (Å²) in [6, 6.07) is 7.06. The maximum Gasteiger partial charge on any atom is 0.145 e. The van der Waals surface area contributed by atoms with Gasteiger partial charge in [-0.1, -0.05) is 12.1 Å². The first-order valence-corrected chi connectivity index (χ1v) is 5.98. The van der Waals surface area contributed by atoms with E-state index in [2.05, 4.69) is 0 Å². The number of methoxy groups -OCH3 is 1. The fourth-order valence-corrected chi connectivity index (χ4v) is 2.21. The normalized spacial score (nSPS) is 24.4. The van der Waals surface area contributed by atoms with E-state index in [9.17, 15) is 4.48 Å². The molecule has 0 amide bonds. The summed E-state index contributed by atoms with van der Waals surface area (Å²) in [4.78, 5) is 0. The van der Waals surface area contributed by atoms with Crippen molar-refractivity contribution in [2.75, 3.05) is 12.6 Å². The van der Waals surface area contributed by atoms with E-state index in [0.717, 1.165) is 25.7 Å². The second kappa shape index (κ2) is 5.87. The summed E-state index contributed by atoms with van der Waals surface area (Å²) in [7, 11) is 1.74. The van der Waals surface area contributed by atoms with E-state index in [0.29, 0.717) is 17.5 Å². The Hall–Kier alpha value is -1.29. The Labute approximate surface area is 101 Å². The number of nitrogens with one attached hydrogen (secondary N) is 1. The molecule has 2 rings (SSSR count). The number of ether oxygens (including phenoxy) is 2. The molecular weight excluding hydrogens is 221 g/mol.